The lowest BCUT2D eigenvalue weighted by Crippen LogP contribution is -2.09. The lowest BCUT2D eigenvalue weighted by atomic mass is 10.1. The third kappa shape index (κ3) is 3.45. The summed E-state index contributed by atoms with van der Waals surface area (Å²) in [5.41, 5.74) is 0.332. The number of hydrogen-bond acceptors (Lipinski definition) is 5. The fraction of sp³-hybridized carbons (Fsp3) is 0.0667. The lowest BCUT2D eigenvalue weighted by Gasteiger charge is -2.07. The zero-order chi connectivity index (χ0) is 16.1. The molecule has 0 aliphatic rings. The van der Waals surface area contributed by atoms with Crippen molar-refractivity contribution in [2.24, 2.45) is 4.99 Å². The summed E-state index contributed by atoms with van der Waals surface area (Å²) in [6.45, 7) is 0. The molecule has 0 saturated carbocycles. The molecule has 0 spiro atoms. The molecular weight excluding hydrogens is 288 g/mol. The van der Waals surface area contributed by atoms with Crippen molar-refractivity contribution in [3.05, 3.63) is 69.8 Å². The van der Waals surface area contributed by atoms with Crippen LogP contribution in [0.2, 0.25) is 0 Å². The number of carboxylic acid groups (broad SMARTS) is 1. The Morgan fingerprint density at radius 2 is 1.91 bits per heavy atom. The first-order valence-corrected chi connectivity index (χ1v) is 6.27. The van der Waals surface area contributed by atoms with E-state index < -0.39 is 16.9 Å². The number of hydrogen-bond donors (Lipinski definition) is 2. The molecule has 0 aromatic heterocycles. The molecule has 112 valence electrons. The Kier molecular flexibility index (Phi) is 4.47. The van der Waals surface area contributed by atoms with Gasteiger partial charge in [-0.1, -0.05) is 30.3 Å². The molecule has 7 heteroatoms. The number of aliphatic carboxylic acids is 1. The number of phenols is 1. The quantitative estimate of drug-likeness (QED) is 0.500. The third-order valence-electron chi connectivity index (χ3n) is 2.93. The molecule has 0 bridgehead atoms. The second kappa shape index (κ2) is 6.49. The van der Waals surface area contributed by atoms with Crippen molar-refractivity contribution < 1.29 is 19.9 Å². The molecular formula is C15H12N2O5. The summed E-state index contributed by atoms with van der Waals surface area (Å²) < 4.78 is 0. The first kappa shape index (κ1) is 15.2. The highest BCUT2D eigenvalue weighted by molar-refractivity contribution is 5.87. The smallest absolute Gasteiger partial charge is 0.333 e. The normalized spacial score (nSPS) is 12.2. The van der Waals surface area contributed by atoms with Crippen LogP contribution in [0.4, 0.5) is 5.69 Å². The number of carbonyl (C=O) groups is 1. The number of aromatic hydroxyl groups is 1. The first-order valence-electron chi connectivity index (χ1n) is 6.27. The monoisotopic (exact) mass is 300 g/mol. The van der Waals surface area contributed by atoms with Crippen LogP contribution in [0.15, 0.2) is 53.5 Å². The molecule has 0 amide bonds. The third-order valence-corrected chi connectivity index (χ3v) is 2.93. The molecule has 0 heterocycles. The van der Waals surface area contributed by atoms with Crippen molar-refractivity contribution in [1.82, 2.24) is 0 Å². The summed E-state index contributed by atoms with van der Waals surface area (Å²) in [5.74, 6) is -1.38. The maximum Gasteiger partial charge on any atom is 0.333 e. The Morgan fingerprint density at radius 3 is 2.50 bits per heavy atom. The molecule has 0 radical (unpaired) electrons. The van der Waals surface area contributed by atoms with Gasteiger partial charge in [-0.05, 0) is 11.6 Å². The number of phenolic OH excluding ortho intramolecular Hbond substituents is 1. The topological polar surface area (TPSA) is 113 Å². The van der Waals surface area contributed by atoms with Crippen LogP contribution >= 0.6 is 0 Å². The largest absolute Gasteiger partial charge is 0.507 e. The van der Waals surface area contributed by atoms with Gasteiger partial charge in [0.15, 0.2) is 6.04 Å². The highest BCUT2D eigenvalue weighted by atomic mass is 16.6. The maximum atomic E-state index is 11.3. The van der Waals surface area contributed by atoms with Gasteiger partial charge in [-0.2, -0.15) is 0 Å². The Labute approximate surface area is 125 Å². The summed E-state index contributed by atoms with van der Waals surface area (Å²) in [5, 5.41) is 29.6. The average molecular weight is 300 g/mol. The van der Waals surface area contributed by atoms with E-state index in [2.05, 4.69) is 4.99 Å². The predicted molar refractivity (Wildman–Crippen MR) is 79.2 cm³/mol. The molecule has 0 fully saturated rings. The number of carboxylic acids is 1. The van der Waals surface area contributed by atoms with Gasteiger partial charge in [0.25, 0.3) is 5.69 Å². The molecule has 1 unspecified atom stereocenters. The Balaban J connectivity index is 2.35. The van der Waals surface area contributed by atoms with E-state index >= 15 is 0 Å². The fourth-order valence-electron chi connectivity index (χ4n) is 1.84. The van der Waals surface area contributed by atoms with Crippen LogP contribution in [-0.4, -0.2) is 27.3 Å². The molecule has 2 N–H and O–H groups in total. The SMILES string of the molecule is O=C(O)C(/N=C/c1cc([N+](=O)[O-])ccc1O)c1ccccc1. The summed E-state index contributed by atoms with van der Waals surface area (Å²) in [6, 6.07) is 10.6. The van der Waals surface area contributed by atoms with Gasteiger partial charge in [0.1, 0.15) is 5.75 Å². The van der Waals surface area contributed by atoms with Crippen LogP contribution < -0.4 is 0 Å². The number of aliphatic imine (C=N–C) groups is 1. The molecule has 2 aromatic rings. The molecule has 2 aromatic carbocycles. The van der Waals surface area contributed by atoms with Crippen molar-refractivity contribution >= 4 is 17.9 Å². The Morgan fingerprint density at radius 1 is 1.23 bits per heavy atom. The van der Waals surface area contributed by atoms with Gasteiger partial charge in [-0.25, -0.2) is 4.79 Å². The van der Waals surface area contributed by atoms with Gasteiger partial charge >= 0.3 is 5.97 Å². The number of nitrogens with zero attached hydrogens (tertiary/aromatic N) is 2. The number of rotatable bonds is 5. The molecule has 2 rings (SSSR count). The van der Waals surface area contributed by atoms with Gasteiger partial charge < -0.3 is 10.2 Å². The zero-order valence-electron chi connectivity index (χ0n) is 11.3. The second-order valence-corrected chi connectivity index (χ2v) is 4.43. The number of nitro groups is 1. The van der Waals surface area contributed by atoms with Gasteiger partial charge in [0, 0.05) is 23.9 Å². The maximum absolute atomic E-state index is 11.3. The molecule has 0 aliphatic carbocycles. The average Bonchev–Trinajstić information content (AvgIpc) is 2.49. The van der Waals surface area contributed by atoms with Gasteiger partial charge in [0.2, 0.25) is 0 Å². The highest BCUT2D eigenvalue weighted by Gasteiger charge is 2.18. The minimum absolute atomic E-state index is 0.0800. The van der Waals surface area contributed by atoms with E-state index in [1.807, 2.05) is 0 Å². The first-order chi connectivity index (χ1) is 10.5. The van der Waals surface area contributed by atoms with E-state index in [4.69, 9.17) is 0 Å². The van der Waals surface area contributed by atoms with Crippen LogP contribution in [0.3, 0.4) is 0 Å². The predicted octanol–water partition coefficient (Wildman–Crippen LogP) is 2.55. The number of benzene rings is 2. The second-order valence-electron chi connectivity index (χ2n) is 4.43. The number of non-ortho nitro benzene ring substituents is 1. The summed E-state index contributed by atoms with van der Waals surface area (Å²) in [6.07, 6.45) is 1.12. The standard InChI is InChI=1S/C15H12N2O5/c18-13-7-6-12(17(21)22)8-11(13)9-16-14(15(19)20)10-4-2-1-3-5-10/h1-9,14,18H,(H,19,20)/b16-9+. The van der Waals surface area contributed by atoms with E-state index in [0.717, 1.165) is 24.4 Å². The lowest BCUT2D eigenvalue weighted by molar-refractivity contribution is -0.384. The minimum Gasteiger partial charge on any atom is -0.507 e. The minimum atomic E-state index is -1.16. The Hall–Kier alpha value is -3.22. The summed E-state index contributed by atoms with van der Waals surface area (Å²) in [7, 11) is 0. The van der Waals surface area contributed by atoms with Crippen molar-refractivity contribution in [3.8, 4) is 5.75 Å². The van der Waals surface area contributed by atoms with E-state index in [1.165, 1.54) is 0 Å². The van der Waals surface area contributed by atoms with Gasteiger partial charge in [-0.3, -0.25) is 15.1 Å². The molecule has 0 aliphatic heterocycles. The van der Waals surface area contributed by atoms with Crippen molar-refractivity contribution in [1.29, 1.82) is 0 Å². The van der Waals surface area contributed by atoms with Gasteiger partial charge in [0.05, 0.1) is 4.92 Å². The van der Waals surface area contributed by atoms with E-state index in [9.17, 15) is 25.1 Å². The van der Waals surface area contributed by atoms with Crippen molar-refractivity contribution in [2.75, 3.05) is 0 Å². The number of nitro benzene ring substituents is 1. The zero-order valence-corrected chi connectivity index (χ0v) is 11.3. The van der Waals surface area contributed by atoms with Crippen LogP contribution in [0.5, 0.6) is 5.75 Å². The summed E-state index contributed by atoms with van der Waals surface area (Å²) in [4.78, 5) is 25.3. The van der Waals surface area contributed by atoms with Crippen LogP contribution in [0, 0.1) is 10.1 Å². The van der Waals surface area contributed by atoms with Crippen LogP contribution in [0.1, 0.15) is 17.2 Å². The van der Waals surface area contributed by atoms with Crippen molar-refractivity contribution in [3.63, 3.8) is 0 Å². The highest BCUT2D eigenvalue weighted by Crippen LogP contribution is 2.23. The molecule has 22 heavy (non-hydrogen) atoms. The fourth-order valence-corrected chi connectivity index (χ4v) is 1.84. The Bertz CT molecular complexity index is 728. The molecule has 1 atom stereocenters. The van der Waals surface area contributed by atoms with Crippen molar-refractivity contribution in [2.45, 2.75) is 6.04 Å². The molecule has 7 nitrogen and oxygen atoms in total. The van der Waals surface area contributed by atoms with Crippen LogP contribution in [-0.2, 0) is 4.79 Å². The van der Waals surface area contributed by atoms with E-state index in [0.29, 0.717) is 5.56 Å². The molecule has 0 saturated heterocycles. The van der Waals surface area contributed by atoms with Crippen LogP contribution in [0.25, 0.3) is 0 Å². The summed E-state index contributed by atoms with van der Waals surface area (Å²) >= 11 is 0. The van der Waals surface area contributed by atoms with E-state index in [1.54, 1.807) is 30.3 Å². The van der Waals surface area contributed by atoms with Gasteiger partial charge in [-0.15, -0.1) is 0 Å². The van der Waals surface area contributed by atoms with E-state index in [-0.39, 0.29) is 17.0 Å².